The van der Waals surface area contributed by atoms with Gasteiger partial charge >= 0.3 is 0 Å². The molecule has 0 spiro atoms. The maximum Gasteiger partial charge on any atom is 0.255 e. The second-order valence-corrected chi connectivity index (χ2v) is 6.72. The van der Waals surface area contributed by atoms with E-state index >= 15 is 0 Å². The molecule has 5 nitrogen and oxygen atoms in total. The lowest BCUT2D eigenvalue weighted by Crippen LogP contribution is -2.29. The number of phenols is 1. The molecule has 22 heavy (non-hydrogen) atoms. The second kappa shape index (κ2) is 5.96. The summed E-state index contributed by atoms with van der Waals surface area (Å²) in [6.45, 7) is 2.00. The first-order valence-electron chi connectivity index (χ1n) is 7.19. The molecule has 6 heteroatoms. The molecule has 1 amide bonds. The third-order valence-electron chi connectivity index (χ3n) is 3.75. The minimum absolute atomic E-state index is 0.0863. The Hall–Kier alpha value is -2.08. The fourth-order valence-corrected chi connectivity index (χ4v) is 3.34. The van der Waals surface area contributed by atoms with Gasteiger partial charge in [-0.15, -0.1) is 11.3 Å². The Kier molecular flexibility index (Phi) is 4.02. The van der Waals surface area contributed by atoms with Crippen molar-refractivity contribution in [1.82, 2.24) is 10.3 Å². The molecule has 1 atom stereocenters. The summed E-state index contributed by atoms with van der Waals surface area (Å²) in [5.41, 5.74) is 0.221. The topological polar surface area (TPSA) is 71.5 Å². The van der Waals surface area contributed by atoms with E-state index in [0.29, 0.717) is 11.7 Å². The summed E-state index contributed by atoms with van der Waals surface area (Å²) in [5, 5.41) is 14.0. The number of nitrogens with one attached hydrogen (secondary N) is 1. The molecular formula is C16H18N2O3S. The molecule has 1 aromatic carbocycles. The molecule has 0 saturated heterocycles. The Balaban J connectivity index is 1.83. The summed E-state index contributed by atoms with van der Waals surface area (Å²) in [6.07, 6.45) is 4.01. The molecule has 0 unspecified atom stereocenters. The van der Waals surface area contributed by atoms with Crippen molar-refractivity contribution in [2.24, 2.45) is 5.92 Å². The van der Waals surface area contributed by atoms with Crippen LogP contribution in [-0.4, -0.2) is 23.1 Å². The number of para-hydroxylation sites is 1. The van der Waals surface area contributed by atoms with Gasteiger partial charge in [0.2, 0.25) is 0 Å². The molecule has 0 aliphatic heterocycles. The molecule has 1 fully saturated rings. The lowest BCUT2D eigenvalue weighted by molar-refractivity contribution is 0.0928. The van der Waals surface area contributed by atoms with Crippen LogP contribution in [0.5, 0.6) is 11.5 Å². The van der Waals surface area contributed by atoms with E-state index in [4.69, 9.17) is 4.74 Å². The first-order valence-corrected chi connectivity index (χ1v) is 8.01. The Morgan fingerprint density at radius 3 is 2.86 bits per heavy atom. The summed E-state index contributed by atoms with van der Waals surface area (Å²) >= 11 is 1.60. The molecule has 1 heterocycles. The van der Waals surface area contributed by atoms with Crippen LogP contribution in [0, 0.1) is 12.8 Å². The number of benzene rings is 1. The number of thiazole rings is 1. The molecule has 3 rings (SSSR count). The van der Waals surface area contributed by atoms with Crippen LogP contribution in [0.4, 0.5) is 0 Å². The highest BCUT2D eigenvalue weighted by molar-refractivity contribution is 7.11. The average molecular weight is 318 g/mol. The van der Waals surface area contributed by atoms with Crippen LogP contribution < -0.4 is 10.1 Å². The maximum absolute atomic E-state index is 12.5. The zero-order valence-corrected chi connectivity index (χ0v) is 13.3. The van der Waals surface area contributed by atoms with Crippen molar-refractivity contribution in [3.63, 3.8) is 0 Å². The second-order valence-electron chi connectivity index (χ2n) is 5.45. The number of nitrogens with zero attached hydrogens (tertiary/aromatic N) is 1. The van der Waals surface area contributed by atoms with Crippen molar-refractivity contribution in [3.8, 4) is 11.5 Å². The van der Waals surface area contributed by atoms with E-state index in [1.54, 1.807) is 29.5 Å². The zero-order chi connectivity index (χ0) is 15.7. The smallest absolute Gasteiger partial charge is 0.255 e. The predicted molar refractivity (Wildman–Crippen MR) is 84.4 cm³/mol. The third kappa shape index (κ3) is 2.92. The van der Waals surface area contributed by atoms with Crippen molar-refractivity contribution in [1.29, 1.82) is 0 Å². The van der Waals surface area contributed by atoms with Gasteiger partial charge in [-0.1, -0.05) is 6.07 Å². The van der Waals surface area contributed by atoms with Gasteiger partial charge < -0.3 is 15.2 Å². The number of amides is 1. The van der Waals surface area contributed by atoms with E-state index < -0.39 is 0 Å². The average Bonchev–Trinajstić information content (AvgIpc) is 3.26. The number of carbonyl (C=O) groups excluding carboxylic acids is 1. The van der Waals surface area contributed by atoms with Gasteiger partial charge in [0.25, 0.3) is 5.91 Å². The van der Waals surface area contributed by atoms with Crippen LogP contribution in [0.1, 0.15) is 39.1 Å². The maximum atomic E-state index is 12.5. The minimum Gasteiger partial charge on any atom is -0.504 e. The summed E-state index contributed by atoms with van der Waals surface area (Å²) in [4.78, 5) is 18.0. The summed E-state index contributed by atoms with van der Waals surface area (Å²) in [6, 6.07) is 4.81. The van der Waals surface area contributed by atoms with Crippen LogP contribution in [0.25, 0.3) is 0 Å². The lowest BCUT2D eigenvalue weighted by Gasteiger charge is -2.17. The van der Waals surface area contributed by atoms with Crippen LogP contribution in [-0.2, 0) is 0 Å². The first kappa shape index (κ1) is 14.8. The lowest BCUT2D eigenvalue weighted by atomic mass is 10.1. The van der Waals surface area contributed by atoms with E-state index in [0.717, 1.165) is 22.7 Å². The molecule has 0 bridgehead atoms. The van der Waals surface area contributed by atoms with Gasteiger partial charge in [-0.25, -0.2) is 4.98 Å². The molecule has 1 aromatic heterocycles. The first-order chi connectivity index (χ1) is 10.6. The van der Waals surface area contributed by atoms with Crippen LogP contribution in [0.3, 0.4) is 0 Å². The van der Waals surface area contributed by atoms with E-state index in [1.165, 1.54) is 7.11 Å². The van der Waals surface area contributed by atoms with Gasteiger partial charge in [-0.2, -0.15) is 0 Å². The molecule has 1 aliphatic carbocycles. The SMILES string of the molecule is COc1cccc(C(=O)N[C@@H](c2ncc(C)s2)C2CC2)c1O. The summed E-state index contributed by atoms with van der Waals surface area (Å²) in [7, 11) is 1.46. The number of phenolic OH excluding ortho intramolecular Hbond substituents is 1. The van der Waals surface area contributed by atoms with Gasteiger partial charge in [0.05, 0.1) is 18.7 Å². The minimum atomic E-state index is -0.304. The largest absolute Gasteiger partial charge is 0.504 e. The Morgan fingerprint density at radius 1 is 1.50 bits per heavy atom. The van der Waals surface area contributed by atoms with Gasteiger partial charge in [0.15, 0.2) is 11.5 Å². The monoisotopic (exact) mass is 318 g/mol. The Morgan fingerprint density at radius 2 is 2.27 bits per heavy atom. The highest BCUT2D eigenvalue weighted by Gasteiger charge is 2.35. The Labute approximate surface area is 133 Å². The van der Waals surface area contributed by atoms with Crippen molar-refractivity contribution in [2.45, 2.75) is 25.8 Å². The van der Waals surface area contributed by atoms with E-state index in [9.17, 15) is 9.90 Å². The van der Waals surface area contributed by atoms with Crippen LogP contribution >= 0.6 is 11.3 Å². The number of ether oxygens (including phenoxy) is 1. The molecule has 1 aliphatic rings. The van der Waals surface area contributed by atoms with Crippen LogP contribution in [0.15, 0.2) is 24.4 Å². The van der Waals surface area contributed by atoms with Gasteiger partial charge in [0, 0.05) is 11.1 Å². The number of carbonyl (C=O) groups is 1. The quantitative estimate of drug-likeness (QED) is 0.889. The Bertz CT molecular complexity index is 694. The molecular weight excluding hydrogens is 300 g/mol. The fourth-order valence-electron chi connectivity index (χ4n) is 2.42. The number of hydrogen-bond donors (Lipinski definition) is 2. The van der Waals surface area contributed by atoms with Crippen molar-refractivity contribution in [3.05, 3.63) is 39.8 Å². The highest BCUT2D eigenvalue weighted by Crippen LogP contribution is 2.42. The van der Waals surface area contributed by atoms with Gasteiger partial charge in [-0.05, 0) is 37.8 Å². The number of methoxy groups -OCH3 is 1. The van der Waals surface area contributed by atoms with Crippen molar-refractivity contribution in [2.75, 3.05) is 7.11 Å². The molecule has 0 radical (unpaired) electrons. The molecule has 1 saturated carbocycles. The van der Waals surface area contributed by atoms with E-state index in [-0.39, 0.29) is 23.3 Å². The number of aromatic hydroxyl groups is 1. The van der Waals surface area contributed by atoms with Crippen molar-refractivity contribution < 1.29 is 14.6 Å². The highest BCUT2D eigenvalue weighted by atomic mass is 32.1. The molecule has 116 valence electrons. The number of aromatic nitrogens is 1. The standard InChI is InChI=1S/C16H18N2O3S/c1-9-8-17-16(22-9)13(10-6-7-10)18-15(20)11-4-3-5-12(21-2)14(11)19/h3-5,8,10,13,19H,6-7H2,1-2H3,(H,18,20)/t13-/m1/s1. The van der Waals surface area contributed by atoms with Gasteiger partial charge in [-0.3, -0.25) is 4.79 Å². The number of rotatable bonds is 5. The zero-order valence-electron chi connectivity index (χ0n) is 12.5. The molecule has 2 N–H and O–H groups in total. The summed E-state index contributed by atoms with van der Waals surface area (Å²) < 4.78 is 5.05. The number of aryl methyl sites for hydroxylation is 1. The van der Waals surface area contributed by atoms with Crippen LogP contribution in [0.2, 0.25) is 0 Å². The predicted octanol–water partition coefficient (Wildman–Crippen LogP) is 3.05. The normalized spacial score (nSPS) is 15.4. The van der Waals surface area contributed by atoms with E-state index in [1.807, 2.05) is 13.1 Å². The molecule has 2 aromatic rings. The number of hydrogen-bond acceptors (Lipinski definition) is 5. The van der Waals surface area contributed by atoms with E-state index in [2.05, 4.69) is 10.3 Å². The summed E-state index contributed by atoms with van der Waals surface area (Å²) in [5.74, 6) is 0.288. The van der Waals surface area contributed by atoms with Gasteiger partial charge in [0.1, 0.15) is 5.01 Å². The third-order valence-corrected chi connectivity index (χ3v) is 4.74. The fraction of sp³-hybridized carbons (Fsp3) is 0.375. The van der Waals surface area contributed by atoms with Crippen molar-refractivity contribution >= 4 is 17.2 Å².